The van der Waals surface area contributed by atoms with Gasteiger partial charge < -0.3 is 0 Å². The molecule has 37 heavy (non-hydrogen) atoms. The van der Waals surface area contributed by atoms with Gasteiger partial charge in [0.1, 0.15) is 0 Å². The van der Waals surface area contributed by atoms with Gasteiger partial charge in [0.25, 0.3) is 0 Å². The average molecular weight is 787 g/mol. The number of unbranched alkanes of at least 4 members (excludes halogenated alkanes) is 6. The third-order valence-corrected chi connectivity index (χ3v) is 39.9. The molecule has 0 aliphatic rings. The number of hydrogen-bond donors (Lipinski definition) is 0. The van der Waals surface area contributed by atoms with Gasteiger partial charge in [-0.1, -0.05) is 0 Å². The van der Waals surface area contributed by atoms with Crippen molar-refractivity contribution in [2.75, 3.05) is 0 Å². The molecular formula is C33H48Br2Zr2. The van der Waals surface area contributed by atoms with E-state index in [1.54, 1.807) is 12.4 Å². The molecule has 3 aromatic carbocycles. The van der Waals surface area contributed by atoms with Gasteiger partial charge in [0.15, 0.2) is 0 Å². The Morgan fingerprint density at radius 1 is 0.432 bits per heavy atom. The Morgan fingerprint density at radius 3 is 0.946 bits per heavy atom. The van der Waals surface area contributed by atoms with Crippen LogP contribution in [0.3, 0.4) is 0 Å². The number of rotatable bonds is 15. The molecule has 0 unspecified atom stereocenters. The molecule has 0 amide bonds. The van der Waals surface area contributed by atoms with Gasteiger partial charge in [0, 0.05) is 0 Å². The van der Waals surface area contributed by atoms with E-state index in [-0.39, 0.29) is 0 Å². The molecule has 0 aromatic heterocycles. The maximum atomic E-state index is 4.29. The molecule has 0 saturated carbocycles. The molecule has 0 N–H and O–H groups in total. The topological polar surface area (TPSA) is 0 Å². The number of benzene rings is 3. The fourth-order valence-corrected chi connectivity index (χ4v) is 30.2. The van der Waals surface area contributed by atoms with E-state index in [4.69, 9.17) is 0 Å². The third kappa shape index (κ3) is 11.8. The van der Waals surface area contributed by atoms with E-state index < -0.39 is 35.8 Å². The zero-order chi connectivity index (χ0) is 26.8. The second-order valence-corrected chi connectivity index (χ2v) is 44.1. The average Bonchev–Trinajstić information content (AvgIpc) is 2.95. The summed E-state index contributed by atoms with van der Waals surface area (Å²) in [6.45, 7) is 6.96. The Balaban J connectivity index is 0.000000265. The summed E-state index contributed by atoms with van der Waals surface area (Å²) < 4.78 is 9.11. The predicted molar refractivity (Wildman–Crippen MR) is 169 cm³/mol. The van der Waals surface area contributed by atoms with E-state index in [2.05, 4.69) is 136 Å². The number of halogens is 2. The summed E-state index contributed by atoms with van der Waals surface area (Å²) in [4.78, 5) is 0. The van der Waals surface area contributed by atoms with Crippen molar-refractivity contribution in [1.29, 1.82) is 0 Å². The second-order valence-electron chi connectivity index (χ2n) is 10.3. The van der Waals surface area contributed by atoms with Crippen molar-refractivity contribution in [3.05, 3.63) is 91.0 Å². The summed E-state index contributed by atoms with van der Waals surface area (Å²) in [5, 5.41) is 0. The molecule has 0 aliphatic carbocycles. The molecule has 0 spiro atoms. The van der Waals surface area contributed by atoms with Crippen molar-refractivity contribution >= 4 is 34.3 Å². The zero-order valence-corrected chi connectivity index (χ0v) is 31.5. The molecule has 0 heterocycles. The molecule has 4 heteroatoms. The molecule has 0 atom stereocenters. The second kappa shape index (κ2) is 19.5. The summed E-state index contributed by atoms with van der Waals surface area (Å²) in [5.41, 5.74) is 0. The van der Waals surface area contributed by atoms with Crippen LogP contribution >= 0.6 is 24.4 Å². The molecule has 0 saturated heterocycles. The van der Waals surface area contributed by atoms with Gasteiger partial charge in [-0.3, -0.25) is 0 Å². The fourth-order valence-electron chi connectivity index (χ4n) is 4.95. The molecular weight excluding hydrogens is 739 g/mol. The predicted octanol–water partition coefficient (Wildman–Crippen LogP) is 10.7. The van der Waals surface area contributed by atoms with E-state index in [0.717, 1.165) is 0 Å². The van der Waals surface area contributed by atoms with E-state index in [9.17, 15) is 0 Å². The Hall–Kier alpha value is 0.386. The van der Waals surface area contributed by atoms with Crippen LogP contribution in [0.25, 0.3) is 0 Å². The first-order chi connectivity index (χ1) is 18.0. The summed E-state index contributed by atoms with van der Waals surface area (Å²) in [7, 11) is 0. The maximum absolute atomic E-state index is 4.29. The van der Waals surface area contributed by atoms with Crippen LogP contribution in [-0.4, -0.2) is 0 Å². The van der Waals surface area contributed by atoms with Crippen molar-refractivity contribution < 1.29 is 35.8 Å². The molecule has 3 rings (SSSR count). The summed E-state index contributed by atoms with van der Waals surface area (Å²) in [6.07, 6.45) is 13.0. The van der Waals surface area contributed by atoms with Gasteiger partial charge in [0.2, 0.25) is 0 Å². The van der Waals surface area contributed by atoms with Crippen LogP contribution in [0.4, 0.5) is 0 Å². The Morgan fingerprint density at radius 2 is 0.703 bits per heavy atom. The van der Waals surface area contributed by atoms with Crippen molar-refractivity contribution in [2.45, 2.75) is 90.9 Å². The molecule has 3 aromatic rings. The van der Waals surface area contributed by atoms with Crippen molar-refractivity contribution in [3.8, 4) is 0 Å². The van der Waals surface area contributed by atoms with E-state index >= 15 is 0 Å². The van der Waals surface area contributed by atoms with Crippen LogP contribution in [0.5, 0.6) is 0 Å². The summed E-state index contributed by atoms with van der Waals surface area (Å²) in [6, 6.07) is 32.6. The first kappa shape index (κ1) is 33.6. The first-order valence-corrected chi connectivity index (χ1v) is 34.7. The quantitative estimate of drug-likeness (QED) is 0.135. The Kier molecular flexibility index (Phi) is 17.7. The van der Waals surface area contributed by atoms with E-state index in [0.29, 0.717) is 0 Å². The summed E-state index contributed by atoms with van der Waals surface area (Å²) >= 11 is 3.72. The first-order valence-electron chi connectivity index (χ1n) is 14.5. The van der Waals surface area contributed by atoms with E-state index in [1.165, 1.54) is 67.6 Å². The van der Waals surface area contributed by atoms with Crippen LogP contribution in [0.15, 0.2) is 91.0 Å². The normalized spacial score (nSPS) is 11.6. The fraction of sp³-hybridized carbons (Fsp3) is 0.455. The van der Waals surface area contributed by atoms with Crippen LogP contribution in [0, 0.1) is 0 Å². The van der Waals surface area contributed by atoms with Crippen molar-refractivity contribution in [1.82, 2.24) is 0 Å². The van der Waals surface area contributed by atoms with E-state index in [1.807, 2.05) is 0 Å². The molecule has 0 fully saturated rings. The molecule has 202 valence electrons. The van der Waals surface area contributed by atoms with Gasteiger partial charge >= 0.3 is 252 Å². The van der Waals surface area contributed by atoms with Crippen LogP contribution in [0.1, 0.15) is 78.6 Å². The third-order valence-electron chi connectivity index (χ3n) is 7.20. The molecule has 0 bridgehead atoms. The summed E-state index contributed by atoms with van der Waals surface area (Å²) in [5.74, 6) is 0. The minimum atomic E-state index is -2.96. The van der Waals surface area contributed by atoms with Crippen LogP contribution in [0.2, 0.25) is 12.4 Å². The monoisotopic (exact) mass is 782 g/mol. The van der Waals surface area contributed by atoms with Gasteiger partial charge in [0.05, 0.1) is 0 Å². The zero-order valence-electron chi connectivity index (χ0n) is 23.4. The van der Waals surface area contributed by atoms with Crippen molar-refractivity contribution in [2.24, 2.45) is 0 Å². The standard InChI is InChI=1S/3C6H5.3C5H11.2BrH.2Zr/c3*1-2-4-6-5-3-1;3*1-3-5-4-2;;;;/h3*1-5H;3*1,3-5H2,2H3;2*1H;;/q;;;;;;;;2*+1/p-2. The van der Waals surface area contributed by atoms with Crippen LogP contribution < -0.4 is 9.81 Å². The SMILES string of the molecule is CCCC[CH2][Zr]([Br])([CH2]CCCC)[CH2]CCCC.[Br][Zr]([c]1ccccc1)([c]1ccccc1)[c]1ccccc1. The number of hydrogen-bond acceptors (Lipinski definition) is 0. The van der Waals surface area contributed by atoms with Crippen molar-refractivity contribution in [3.63, 3.8) is 0 Å². The van der Waals surface area contributed by atoms with Gasteiger partial charge in [-0.25, -0.2) is 0 Å². The molecule has 0 radical (unpaired) electrons. The van der Waals surface area contributed by atoms with Crippen LogP contribution in [-0.2, 0) is 35.8 Å². The van der Waals surface area contributed by atoms with Gasteiger partial charge in [-0.2, -0.15) is 0 Å². The van der Waals surface area contributed by atoms with Gasteiger partial charge in [-0.15, -0.1) is 0 Å². The Labute approximate surface area is 249 Å². The minimum absolute atomic E-state index is 1.37. The van der Waals surface area contributed by atoms with Gasteiger partial charge in [-0.05, 0) is 0 Å². The molecule has 0 aliphatic heterocycles. The Bertz CT molecular complexity index is 825. The molecule has 0 nitrogen and oxygen atoms in total.